The molecule has 1 aromatic heterocycles. The number of nitrogens with one attached hydrogen (secondary N) is 1. The molecule has 0 saturated heterocycles. The smallest absolute Gasteiger partial charge is 0.0828 e. The lowest BCUT2D eigenvalue weighted by Gasteiger charge is -2.34. The zero-order valence-electron chi connectivity index (χ0n) is 11.0. The summed E-state index contributed by atoms with van der Waals surface area (Å²) < 4.78 is 5.79. The van der Waals surface area contributed by atoms with Crippen LogP contribution in [0.4, 0.5) is 0 Å². The fourth-order valence-corrected chi connectivity index (χ4v) is 3.44. The van der Waals surface area contributed by atoms with E-state index in [0.29, 0.717) is 6.04 Å². The van der Waals surface area contributed by atoms with Crippen molar-refractivity contribution < 1.29 is 4.74 Å². The van der Waals surface area contributed by atoms with E-state index in [4.69, 9.17) is 4.74 Å². The molecule has 0 radical (unpaired) electrons. The van der Waals surface area contributed by atoms with Gasteiger partial charge in [0.1, 0.15) is 0 Å². The second kappa shape index (κ2) is 5.46. The highest BCUT2D eigenvalue weighted by atomic mass is 32.1. The molecule has 0 spiro atoms. The van der Waals surface area contributed by atoms with Crippen molar-refractivity contribution >= 4 is 11.3 Å². The maximum absolute atomic E-state index is 5.79. The summed E-state index contributed by atoms with van der Waals surface area (Å²) in [5, 5.41) is 3.60. The summed E-state index contributed by atoms with van der Waals surface area (Å²) in [6, 6.07) is 0.400. The van der Waals surface area contributed by atoms with E-state index in [1.54, 1.807) is 11.3 Å². The molecule has 0 aliphatic heterocycles. The first-order valence-electron chi connectivity index (χ1n) is 6.35. The Balaban J connectivity index is 1.92. The molecule has 1 heterocycles. The molecule has 0 bridgehead atoms. The summed E-state index contributed by atoms with van der Waals surface area (Å²) >= 11 is 1.73. The van der Waals surface area contributed by atoms with Gasteiger partial charge in [0.25, 0.3) is 0 Å². The molecule has 1 unspecified atom stereocenters. The van der Waals surface area contributed by atoms with E-state index < -0.39 is 0 Å². The predicted octanol–water partition coefficient (Wildman–Crippen LogP) is 2.89. The van der Waals surface area contributed by atoms with Crippen molar-refractivity contribution in [3.8, 4) is 0 Å². The van der Waals surface area contributed by atoms with Gasteiger partial charge in [0.15, 0.2) is 0 Å². The molecule has 2 rings (SSSR count). The fraction of sp³-hybridized carbons (Fsp3) is 0.769. The first-order valence-corrected chi connectivity index (χ1v) is 7.23. The molecule has 96 valence electrons. The van der Waals surface area contributed by atoms with Crippen molar-refractivity contribution in [3.05, 3.63) is 16.1 Å². The molecule has 17 heavy (non-hydrogen) atoms. The Morgan fingerprint density at radius 1 is 1.53 bits per heavy atom. The van der Waals surface area contributed by atoms with E-state index in [1.807, 2.05) is 12.6 Å². The summed E-state index contributed by atoms with van der Waals surface area (Å²) in [4.78, 5) is 5.61. The van der Waals surface area contributed by atoms with Crippen LogP contribution in [0.25, 0.3) is 0 Å². The number of aromatic nitrogens is 1. The van der Waals surface area contributed by atoms with Gasteiger partial charge >= 0.3 is 0 Å². The molecular weight excluding hydrogens is 232 g/mol. The molecule has 1 saturated carbocycles. The summed E-state index contributed by atoms with van der Waals surface area (Å²) in [5.74, 6) is 0. The lowest BCUT2D eigenvalue weighted by Crippen LogP contribution is -2.48. The molecule has 1 aromatic rings. The van der Waals surface area contributed by atoms with Gasteiger partial charge in [-0.1, -0.05) is 12.8 Å². The van der Waals surface area contributed by atoms with Crippen LogP contribution in [0.1, 0.15) is 43.2 Å². The van der Waals surface area contributed by atoms with Gasteiger partial charge < -0.3 is 10.1 Å². The first kappa shape index (κ1) is 13.0. The number of rotatable bonds is 5. The van der Waals surface area contributed by atoms with Gasteiger partial charge in [-0.2, -0.15) is 0 Å². The Bertz CT molecular complexity index is 358. The van der Waals surface area contributed by atoms with Crippen LogP contribution in [0.5, 0.6) is 0 Å². The van der Waals surface area contributed by atoms with Gasteiger partial charge in [0, 0.05) is 24.6 Å². The van der Waals surface area contributed by atoms with E-state index in [0.717, 1.165) is 12.2 Å². The standard InChI is InChI=1S/C13H22N2OS/c1-10-12(17-9-15-10)8-14-11(2)13(16-3)6-4-5-7-13/h9,11,14H,4-8H2,1-3H3. The summed E-state index contributed by atoms with van der Waals surface area (Å²) in [6.07, 6.45) is 4.94. The Morgan fingerprint density at radius 2 is 2.24 bits per heavy atom. The van der Waals surface area contributed by atoms with Crippen LogP contribution in [-0.2, 0) is 11.3 Å². The highest BCUT2D eigenvalue weighted by Gasteiger charge is 2.38. The van der Waals surface area contributed by atoms with E-state index in [-0.39, 0.29) is 5.60 Å². The van der Waals surface area contributed by atoms with Gasteiger partial charge in [-0.3, -0.25) is 0 Å². The summed E-state index contributed by atoms with van der Waals surface area (Å²) in [5.41, 5.74) is 3.12. The molecule has 0 aromatic carbocycles. The summed E-state index contributed by atoms with van der Waals surface area (Å²) in [6.45, 7) is 5.22. The maximum Gasteiger partial charge on any atom is 0.0828 e. The number of hydrogen-bond donors (Lipinski definition) is 1. The lowest BCUT2D eigenvalue weighted by atomic mass is 9.93. The second-order valence-corrected chi connectivity index (χ2v) is 5.88. The Labute approximate surface area is 108 Å². The van der Waals surface area contributed by atoms with Crippen molar-refractivity contribution in [3.63, 3.8) is 0 Å². The molecule has 4 heteroatoms. The number of thiazole rings is 1. The van der Waals surface area contributed by atoms with Crippen molar-refractivity contribution in [2.45, 2.75) is 57.7 Å². The van der Waals surface area contributed by atoms with Crippen LogP contribution in [-0.4, -0.2) is 23.7 Å². The maximum atomic E-state index is 5.79. The largest absolute Gasteiger partial charge is 0.377 e. The van der Waals surface area contributed by atoms with Crippen LogP contribution < -0.4 is 5.32 Å². The second-order valence-electron chi connectivity index (χ2n) is 4.94. The molecule has 1 fully saturated rings. The van der Waals surface area contributed by atoms with E-state index in [9.17, 15) is 0 Å². The third kappa shape index (κ3) is 2.69. The van der Waals surface area contributed by atoms with Gasteiger partial charge in [0.05, 0.1) is 16.8 Å². The zero-order valence-corrected chi connectivity index (χ0v) is 11.8. The number of ether oxygens (including phenoxy) is 1. The molecule has 1 aliphatic carbocycles. The molecule has 1 atom stereocenters. The van der Waals surface area contributed by atoms with Crippen LogP contribution in [0.15, 0.2) is 5.51 Å². The van der Waals surface area contributed by atoms with Gasteiger partial charge in [-0.05, 0) is 26.7 Å². The monoisotopic (exact) mass is 254 g/mol. The Hall–Kier alpha value is -0.450. The number of aryl methyl sites for hydroxylation is 1. The average Bonchev–Trinajstić information content (AvgIpc) is 2.95. The zero-order chi connectivity index (χ0) is 12.3. The van der Waals surface area contributed by atoms with Gasteiger partial charge in [-0.15, -0.1) is 11.3 Å². The number of hydrogen-bond acceptors (Lipinski definition) is 4. The topological polar surface area (TPSA) is 34.1 Å². The minimum absolute atomic E-state index is 0.0542. The summed E-state index contributed by atoms with van der Waals surface area (Å²) in [7, 11) is 1.85. The van der Waals surface area contributed by atoms with Crippen LogP contribution >= 0.6 is 11.3 Å². The Morgan fingerprint density at radius 3 is 2.76 bits per heavy atom. The third-order valence-electron chi connectivity index (χ3n) is 4.06. The van der Waals surface area contributed by atoms with Crippen molar-refractivity contribution in [1.82, 2.24) is 10.3 Å². The highest BCUT2D eigenvalue weighted by molar-refractivity contribution is 7.09. The predicted molar refractivity (Wildman–Crippen MR) is 71.4 cm³/mol. The molecule has 1 aliphatic rings. The minimum atomic E-state index is 0.0542. The van der Waals surface area contributed by atoms with Crippen molar-refractivity contribution in [1.29, 1.82) is 0 Å². The quantitative estimate of drug-likeness (QED) is 0.877. The minimum Gasteiger partial charge on any atom is -0.377 e. The molecular formula is C13H22N2OS. The van der Waals surface area contributed by atoms with Crippen molar-refractivity contribution in [2.75, 3.05) is 7.11 Å². The van der Waals surface area contributed by atoms with Crippen molar-refractivity contribution in [2.24, 2.45) is 0 Å². The SMILES string of the molecule is COC1(C(C)NCc2scnc2C)CCCC1. The first-order chi connectivity index (χ1) is 8.18. The third-order valence-corrected chi connectivity index (χ3v) is 4.99. The van der Waals surface area contributed by atoms with Gasteiger partial charge in [0.2, 0.25) is 0 Å². The van der Waals surface area contributed by atoms with Crippen LogP contribution in [0.2, 0.25) is 0 Å². The highest BCUT2D eigenvalue weighted by Crippen LogP contribution is 2.35. The van der Waals surface area contributed by atoms with Crippen LogP contribution in [0, 0.1) is 6.92 Å². The average molecular weight is 254 g/mol. The fourth-order valence-electron chi connectivity index (χ4n) is 2.72. The number of methoxy groups -OCH3 is 1. The Kier molecular flexibility index (Phi) is 4.17. The van der Waals surface area contributed by atoms with E-state index >= 15 is 0 Å². The van der Waals surface area contributed by atoms with Gasteiger partial charge in [-0.25, -0.2) is 4.98 Å². The van der Waals surface area contributed by atoms with Crippen LogP contribution in [0.3, 0.4) is 0 Å². The molecule has 1 N–H and O–H groups in total. The van der Waals surface area contributed by atoms with E-state index in [1.165, 1.54) is 30.6 Å². The normalized spacial score (nSPS) is 20.6. The molecule has 0 amide bonds. The van der Waals surface area contributed by atoms with E-state index in [2.05, 4.69) is 24.1 Å². The lowest BCUT2D eigenvalue weighted by molar-refractivity contribution is -0.0311. The molecule has 3 nitrogen and oxygen atoms in total. The number of nitrogens with zero attached hydrogens (tertiary/aromatic N) is 1.